The number of aryl methyl sites for hydroxylation is 1. The van der Waals surface area contributed by atoms with Crippen LogP contribution in [0.2, 0.25) is 0 Å². The second-order valence-electron chi connectivity index (χ2n) is 8.01. The lowest BCUT2D eigenvalue weighted by Crippen LogP contribution is -2.24. The van der Waals surface area contributed by atoms with Crippen LogP contribution in [0.1, 0.15) is 17.2 Å². The Hall–Kier alpha value is -4.10. The number of sulfonamides is 1. The van der Waals surface area contributed by atoms with Crippen LogP contribution < -0.4 is 14.2 Å². The van der Waals surface area contributed by atoms with Crippen LogP contribution in [-0.2, 0) is 10.0 Å². The first kappa shape index (κ1) is 26.0. The minimum absolute atomic E-state index is 0.224. The van der Waals surface area contributed by atoms with Crippen molar-refractivity contribution in [2.24, 2.45) is 0 Å². The normalized spacial score (nSPS) is 12.3. The van der Waals surface area contributed by atoms with Crippen molar-refractivity contribution in [2.75, 3.05) is 24.7 Å². The summed E-state index contributed by atoms with van der Waals surface area (Å²) in [5, 5.41) is 18.6. The van der Waals surface area contributed by atoms with Crippen molar-refractivity contribution in [1.82, 2.24) is 19.7 Å². The Morgan fingerprint density at radius 1 is 1.05 bits per heavy atom. The van der Waals surface area contributed by atoms with Crippen LogP contribution in [0.25, 0.3) is 17.1 Å². The molecule has 2 N–H and O–H groups in total. The number of anilines is 1. The number of aliphatic hydroxyl groups is 1. The summed E-state index contributed by atoms with van der Waals surface area (Å²) in [5.41, 5.74) is 1.29. The molecule has 0 amide bonds. The fourth-order valence-electron chi connectivity index (χ4n) is 3.73. The second kappa shape index (κ2) is 10.5. The van der Waals surface area contributed by atoms with Crippen LogP contribution in [0.3, 0.4) is 0 Å². The fourth-order valence-corrected chi connectivity index (χ4v) is 4.82. The van der Waals surface area contributed by atoms with E-state index >= 15 is 0 Å². The van der Waals surface area contributed by atoms with Crippen LogP contribution in [0, 0.1) is 18.6 Å². The Bertz CT molecular complexity index is 1520. The van der Waals surface area contributed by atoms with E-state index in [-0.39, 0.29) is 17.3 Å². The molecule has 10 nitrogen and oxygen atoms in total. The van der Waals surface area contributed by atoms with E-state index < -0.39 is 33.5 Å². The van der Waals surface area contributed by atoms with Crippen LogP contribution in [0.15, 0.2) is 54.9 Å². The van der Waals surface area contributed by atoms with Crippen LogP contribution in [0.5, 0.6) is 11.5 Å². The number of ether oxygens (including phenoxy) is 2. The molecule has 0 aliphatic rings. The molecule has 37 heavy (non-hydrogen) atoms. The van der Waals surface area contributed by atoms with E-state index in [0.717, 1.165) is 17.7 Å². The molecule has 4 rings (SSSR count). The number of rotatable bonds is 9. The van der Waals surface area contributed by atoms with Gasteiger partial charge in [0.25, 0.3) is 0 Å². The topological polar surface area (TPSA) is 128 Å². The lowest BCUT2D eigenvalue weighted by Gasteiger charge is -2.18. The molecular weight excluding hydrogens is 508 g/mol. The Morgan fingerprint density at radius 2 is 1.76 bits per heavy atom. The molecular formula is C24H23F2N5O5S. The van der Waals surface area contributed by atoms with E-state index in [4.69, 9.17) is 9.47 Å². The first-order chi connectivity index (χ1) is 17.6. The summed E-state index contributed by atoms with van der Waals surface area (Å²) in [4.78, 5) is 4.17. The number of nitrogens with zero attached hydrogens (tertiary/aromatic N) is 4. The van der Waals surface area contributed by atoms with E-state index in [9.17, 15) is 22.3 Å². The number of hydrogen-bond donors (Lipinski definition) is 2. The summed E-state index contributed by atoms with van der Waals surface area (Å²) in [5.74, 6) is -2.23. The van der Waals surface area contributed by atoms with E-state index in [1.807, 2.05) is 6.92 Å². The Balaban J connectivity index is 1.80. The van der Waals surface area contributed by atoms with Gasteiger partial charge in [0.1, 0.15) is 28.8 Å². The zero-order valence-electron chi connectivity index (χ0n) is 20.0. The van der Waals surface area contributed by atoms with Crippen LogP contribution in [0.4, 0.5) is 14.7 Å². The molecule has 0 saturated heterocycles. The number of aromatic nitrogens is 4. The monoisotopic (exact) mass is 531 g/mol. The van der Waals surface area contributed by atoms with E-state index in [1.165, 1.54) is 25.0 Å². The molecule has 2 aromatic carbocycles. The van der Waals surface area contributed by atoms with Gasteiger partial charge in [0.15, 0.2) is 5.82 Å². The molecule has 1 atom stereocenters. The molecule has 0 bridgehead atoms. The minimum Gasteiger partial charge on any atom is -0.494 e. The summed E-state index contributed by atoms with van der Waals surface area (Å²) in [6.45, 7) is 1.83. The molecule has 194 valence electrons. The molecule has 13 heteroatoms. The lowest BCUT2D eigenvalue weighted by molar-refractivity contribution is 0.196. The number of nitrogens with one attached hydrogen (secondary N) is 1. The SMILES string of the molecule is COc1cccc(OC)c1-n1c(NS(=O)(=O)C[C@@H](O)c2ccc(F)cc2F)nnc1-c1cncc(C)c1. The maximum Gasteiger partial charge on any atom is 0.243 e. The van der Waals surface area contributed by atoms with Gasteiger partial charge in [-0.3, -0.25) is 14.3 Å². The number of hydrogen-bond acceptors (Lipinski definition) is 8. The third-order valence-corrected chi connectivity index (χ3v) is 6.62. The molecule has 0 fully saturated rings. The van der Waals surface area contributed by atoms with Gasteiger partial charge in [-0.05, 0) is 36.8 Å². The van der Waals surface area contributed by atoms with Crippen LogP contribution >= 0.6 is 0 Å². The van der Waals surface area contributed by atoms with Crippen molar-refractivity contribution in [3.8, 4) is 28.6 Å². The average molecular weight is 532 g/mol. The molecule has 0 aliphatic carbocycles. The maximum absolute atomic E-state index is 14.1. The molecule has 0 radical (unpaired) electrons. The van der Waals surface area contributed by atoms with Gasteiger partial charge < -0.3 is 14.6 Å². The predicted octanol–water partition coefficient (Wildman–Crippen LogP) is 3.41. The number of pyridine rings is 1. The summed E-state index contributed by atoms with van der Waals surface area (Å²) >= 11 is 0. The van der Waals surface area contributed by atoms with Crippen molar-refractivity contribution in [3.63, 3.8) is 0 Å². The highest BCUT2D eigenvalue weighted by atomic mass is 32.2. The number of para-hydroxylation sites is 1. The number of aliphatic hydroxyl groups excluding tert-OH is 1. The minimum atomic E-state index is -4.34. The smallest absolute Gasteiger partial charge is 0.243 e. The molecule has 0 spiro atoms. The largest absolute Gasteiger partial charge is 0.494 e. The zero-order chi connectivity index (χ0) is 26.7. The standard InChI is InChI=1S/C24H23F2N5O5S/c1-14-9-15(12-27-11-14)23-28-29-24(31(23)22-20(35-2)5-4-6-21(22)36-3)30-37(33,34)13-19(32)17-8-7-16(25)10-18(17)26/h4-12,19,32H,13H2,1-3H3,(H,29,30)/t19-/m1/s1. The average Bonchev–Trinajstić information content (AvgIpc) is 3.25. The number of methoxy groups -OCH3 is 2. The Kier molecular flexibility index (Phi) is 7.36. The maximum atomic E-state index is 14.1. The molecule has 0 aliphatic heterocycles. The fraction of sp³-hybridized carbons (Fsp3) is 0.208. The summed E-state index contributed by atoms with van der Waals surface area (Å²) in [7, 11) is -1.46. The van der Waals surface area contributed by atoms with E-state index in [1.54, 1.807) is 30.5 Å². The van der Waals surface area contributed by atoms with Crippen molar-refractivity contribution < 1.29 is 31.8 Å². The van der Waals surface area contributed by atoms with Crippen molar-refractivity contribution in [1.29, 1.82) is 0 Å². The quantitative estimate of drug-likeness (QED) is 0.336. The van der Waals surface area contributed by atoms with Gasteiger partial charge in [-0.15, -0.1) is 10.2 Å². The molecule has 4 aromatic rings. The summed E-state index contributed by atoms with van der Waals surface area (Å²) in [6, 6.07) is 9.24. The first-order valence-electron chi connectivity index (χ1n) is 10.9. The van der Waals surface area contributed by atoms with Crippen molar-refractivity contribution >= 4 is 16.0 Å². The molecule has 0 saturated carbocycles. The zero-order valence-corrected chi connectivity index (χ0v) is 20.8. The predicted molar refractivity (Wildman–Crippen MR) is 131 cm³/mol. The number of halogens is 2. The second-order valence-corrected chi connectivity index (χ2v) is 9.78. The van der Waals surface area contributed by atoms with E-state index in [2.05, 4.69) is 19.9 Å². The number of benzene rings is 2. The van der Waals surface area contributed by atoms with Crippen molar-refractivity contribution in [2.45, 2.75) is 13.0 Å². The third-order valence-electron chi connectivity index (χ3n) is 5.37. The molecule has 2 heterocycles. The molecule has 0 unspecified atom stereocenters. The third kappa shape index (κ3) is 5.52. The highest BCUT2D eigenvalue weighted by Gasteiger charge is 2.27. The molecule has 2 aromatic heterocycles. The highest BCUT2D eigenvalue weighted by Crippen LogP contribution is 2.37. The van der Waals surface area contributed by atoms with Gasteiger partial charge in [-0.25, -0.2) is 17.2 Å². The van der Waals surface area contributed by atoms with Gasteiger partial charge in [-0.1, -0.05) is 12.1 Å². The Labute approximate surface area is 211 Å². The highest BCUT2D eigenvalue weighted by molar-refractivity contribution is 7.92. The lowest BCUT2D eigenvalue weighted by atomic mass is 10.1. The summed E-state index contributed by atoms with van der Waals surface area (Å²) in [6.07, 6.45) is 1.40. The van der Waals surface area contributed by atoms with Gasteiger partial charge >= 0.3 is 0 Å². The van der Waals surface area contributed by atoms with E-state index in [0.29, 0.717) is 28.8 Å². The van der Waals surface area contributed by atoms with Gasteiger partial charge in [0.05, 0.1) is 26.1 Å². The Morgan fingerprint density at radius 3 is 2.38 bits per heavy atom. The van der Waals surface area contributed by atoms with Gasteiger partial charge in [0, 0.05) is 29.6 Å². The first-order valence-corrected chi connectivity index (χ1v) is 12.5. The van der Waals surface area contributed by atoms with Crippen LogP contribution in [-0.4, -0.2) is 53.2 Å². The summed E-state index contributed by atoms with van der Waals surface area (Å²) < 4.78 is 68.1. The van der Waals surface area contributed by atoms with Gasteiger partial charge in [-0.2, -0.15) is 0 Å². The van der Waals surface area contributed by atoms with Crippen molar-refractivity contribution in [3.05, 3.63) is 77.6 Å². The van der Waals surface area contributed by atoms with Gasteiger partial charge in [0.2, 0.25) is 16.0 Å².